The Kier molecular flexibility index (Phi) is 6.67. The van der Waals surface area contributed by atoms with Crippen molar-refractivity contribution in [1.82, 2.24) is 19.8 Å². The summed E-state index contributed by atoms with van der Waals surface area (Å²) < 4.78 is 6.19. The van der Waals surface area contributed by atoms with E-state index in [1.807, 2.05) is 12.3 Å². The molecule has 6 heteroatoms. The van der Waals surface area contributed by atoms with Gasteiger partial charge in [0.25, 0.3) is 0 Å². The van der Waals surface area contributed by atoms with Crippen molar-refractivity contribution in [2.24, 2.45) is 0 Å². The van der Waals surface area contributed by atoms with Crippen LogP contribution in [0, 0.1) is 0 Å². The zero-order chi connectivity index (χ0) is 20.9. The van der Waals surface area contributed by atoms with Crippen LogP contribution in [0.4, 0.5) is 0 Å². The van der Waals surface area contributed by atoms with Crippen molar-refractivity contribution in [3.63, 3.8) is 0 Å². The molecule has 1 saturated heterocycles. The third-order valence-electron chi connectivity index (χ3n) is 5.96. The summed E-state index contributed by atoms with van der Waals surface area (Å²) in [6.45, 7) is 6.84. The topological polar surface area (TPSA) is 64.6 Å². The normalized spacial score (nSPS) is 15.9. The van der Waals surface area contributed by atoms with Gasteiger partial charge in [0, 0.05) is 54.5 Å². The average molecular weight is 409 g/mol. The van der Waals surface area contributed by atoms with Crippen molar-refractivity contribution in [3.8, 4) is 17.0 Å². The molecule has 0 atom stereocenters. The van der Waals surface area contributed by atoms with E-state index in [-0.39, 0.29) is 6.61 Å². The molecule has 1 aliphatic heterocycles. The summed E-state index contributed by atoms with van der Waals surface area (Å²) in [4.78, 5) is 12.7. The molecular formula is C24H32N4O2. The molecule has 0 radical (unpaired) electrons. The highest BCUT2D eigenvalue weighted by atomic mass is 16.5. The number of ether oxygens (including phenoxy) is 1. The Labute approximate surface area is 178 Å². The average Bonchev–Trinajstić information content (AvgIpc) is 3.18. The molecule has 160 valence electrons. The van der Waals surface area contributed by atoms with Crippen molar-refractivity contribution in [2.75, 3.05) is 39.8 Å². The summed E-state index contributed by atoms with van der Waals surface area (Å²) in [7, 11) is 2.16. The Hall–Kier alpha value is -2.41. The Morgan fingerprint density at radius 3 is 2.67 bits per heavy atom. The van der Waals surface area contributed by atoms with Crippen LogP contribution in [0.15, 0.2) is 42.6 Å². The fourth-order valence-electron chi connectivity index (χ4n) is 4.14. The molecule has 0 bridgehead atoms. The van der Waals surface area contributed by atoms with Crippen LogP contribution in [-0.4, -0.2) is 70.8 Å². The van der Waals surface area contributed by atoms with Crippen molar-refractivity contribution in [2.45, 2.75) is 32.4 Å². The van der Waals surface area contributed by atoms with E-state index in [9.17, 15) is 5.11 Å². The van der Waals surface area contributed by atoms with Crippen LogP contribution in [0.1, 0.15) is 25.5 Å². The number of benzene rings is 1. The summed E-state index contributed by atoms with van der Waals surface area (Å²) in [5.74, 6) is 0.929. The van der Waals surface area contributed by atoms with Crippen LogP contribution in [0.25, 0.3) is 22.2 Å². The van der Waals surface area contributed by atoms with E-state index < -0.39 is 0 Å². The third kappa shape index (κ3) is 4.83. The largest absolute Gasteiger partial charge is 0.490 e. The van der Waals surface area contributed by atoms with Crippen molar-refractivity contribution in [3.05, 3.63) is 48.3 Å². The Balaban J connectivity index is 1.51. The first-order valence-corrected chi connectivity index (χ1v) is 10.9. The van der Waals surface area contributed by atoms with Gasteiger partial charge in [-0.25, -0.2) is 0 Å². The Bertz CT molecular complexity index is 945. The number of likely N-dealkylation sites (N-methyl/N-ethyl adjacent to an activating group) is 1. The molecule has 0 unspecified atom stereocenters. The second kappa shape index (κ2) is 9.60. The van der Waals surface area contributed by atoms with Gasteiger partial charge in [-0.05, 0) is 62.8 Å². The van der Waals surface area contributed by atoms with Gasteiger partial charge in [-0.15, -0.1) is 0 Å². The quantitative estimate of drug-likeness (QED) is 0.597. The van der Waals surface area contributed by atoms with Crippen molar-refractivity contribution < 1.29 is 9.84 Å². The summed E-state index contributed by atoms with van der Waals surface area (Å²) >= 11 is 0. The fourth-order valence-corrected chi connectivity index (χ4v) is 4.14. The van der Waals surface area contributed by atoms with Gasteiger partial charge in [0.2, 0.25) is 0 Å². The molecule has 1 fully saturated rings. The van der Waals surface area contributed by atoms with Gasteiger partial charge in [0.15, 0.2) is 0 Å². The molecular weight excluding hydrogens is 376 g/mol. The first-order valence-electron chi connectivity index (χ1n) is 10.9. The van der Waals surface area contributed by atoms with Gasteiger partial charge < -0.3 is 19.7 Å². The first kappa shape index (κ1) is 20.8. The monoisotopic (exact) mass is 408 g/mol. The van der Waals surface area contributed by atoms with E-state index in [1.54, 1.807) is 0 Å². The molecule has 0 spiro atoms. The van der Waals surface area contributed by atoms with E-state index in [0.717, 1.165) is 72.6 Å². The van der Waals surface area contributed by atoms with Gasteiger partial charge >= 0.3 is 0 Å². The van der Waals surface area contributed by atoms with Gasteiger partial charge in [-0.1, -0.05) is 6.92 Å². The number of aliphatic hydroxyl groups excluding tert-OH is 1. The van der Waals surface area contributed by atoms with E-state index in [0.29, 0.717) is 12.6 Å². The number of nitrogens with zero attached hydrogens (tertiary/aromatic N) is 3. The van der Waals surface area contributed by atoms with Crippen molar-refractivity contribution in [1.29, 1.82) is 0 Å². The number of pyridine rings is 1. The summed E-state index contributed by atoms with van der Waals surface area (Å²) in [5, 5.41) is 10.4. The lowest BCUT2D eigenvalue weighted by Gasteiger charge is -2.29. The fraction of sp³-hybridized carbons (Fsp3) is 0.458. The predicted molar refractivity (Wildman–Crippen MR) is 121 cm³/mol. The van der Waals surface area contributed by atoms with Gasteiger partial charge in [0.1, 0.15) is 11.9 Å². The van der Waals surface area contributed by atoms with Crippen molar-refractivity contribution >= 4 is 10.9 Å². The van der Waals surface area contributed by atoms with Gasteiger partial charge in [-0.2, -0.15) is 0 Å². The molecule has 6 nitrogen and oxygen atoms in total. The third-order valence-corrected chi connectivity index (χ3v) is 5.96. The molecule has 0 saturated carbocycles. The number of aromatic nitrogens is 2. The minimum atomic E-state index is 0.173. The van der Waals surface area contributed by atoms with Gasteiger partial charge in [0.05, 0.1) is 12.3 Å². The number of rotatable bonds is 8. The molecule has 2 aromatic heterocycles. The van der Waals surface area contributed by atoms with E-state index in [1.165, 1.54) is 0 Å². The molecule has 0 aliphatic carbocycles. The second-order valence-corrected chi connectivity index (χ2v) is 8.15. The second-order valence-electron chi connectivity index (χ2n) is 8.15. The molecule has 4 rings (SSSR count). The maximum absolute atomic E-state index is 9.24. The summed E-state index contributed by atoms with van der Waals surface area (Å²) in [6.07, 6.45) is 4.32. The minimum Gasteiger partial charge on any atom is -0.490 e. The van der Waals surface area contributed by atoms with Crippen LogP contribution < -0.4 is 4.74 Å². The molecule has 0 amide bonds. The van der Waals surface area contributed by atoms with Crippen LogP contribution in [0.2, 0.25) is 0 Å². The number of aromatic amines is 1. The smallest absolute Gasteiger partial charge is 0.119 e. The lowest BCUT2D eigenvalue weighted by atomic mass is 10.1. The SMILES string of the molecule is CCN(CCO)Cc1cc2c(-c3ccc(OC4CCN(C)CC4)cc3)nccc2[nH]1. The number of hydrogen-bond donors (Lipinski definition) is 2. The van der Waals surface area contributed by atoms with Crippen LogP contribution >= 0.6 is 0 Å². The Morgan fingerprint density at radius 2 is 1.97 bits per heavy atom. The molecule has 3 heterocycles. The zero-order valence-corrected chi connectivity index (χ0v) is 18.0. The maximum atomic E-state index is 9.24. The Morgan fingerprint density at radius 1 is 1.20 bits per heavy atom. The zero-order valence-electron chi connectivity index (χ0n) is 18.0. The lowest BCUT2D eigenvalue weighted by molar-refractivity contribution is 0.114. The molecule has 3 aromatic rings. The highest BCUT2D eigenvalue weighted by Gasteiger charge is 2.18. The molecule has 2 N–H and O–H groups in total. The standard InChI is InChI=1S/C24H32N4O2/c1-3-28(14-15-29)17-19-16-22-23(26-19)8-11-25-24(22)18-4-6-20(7-5-18)30-21-9-12-27(2)13-10-21/h4-8,11,16,21,26,29H,3,9-10,12-15,17H2,1-2H3. The number of fused-ring (bicyclic) bond motifs is 1. The van der Waals surface area contributed by atoms with Gasteiger partial charge in [-0.3, -0.25) is 9.88 Å². The number of aliphatic hydroxyl groups is 1. The lowest BCUT2D eigenvalue weighted by Crippen LogP contribution is -2.35. The van der Waals surface area contributed by atoms with Crippen LogP contribution in [0.3, 0.4) is 0 Å². The number of hydrogen-bond acceptors (Lipinski definition) is 5. The number of H-pyrrole nitrogens is 1. The summed E-state index contributed by atoms with van der Waals surface area (Å²) in [5.41, 5.74) is 4.29. The molecule has 30 heavy (non-hydrogen) atoms. The number of nitrogens with one attached hydrogen (secondary N) is 1. The number of piperidine rings is 1. The predicted octanol–water partition coefficient (Wildman–Crippen LogP) is 3.52. The molecule has 1 aliphatic rings. The van der Waals surface area contributed by atoms with E-state index >= 15 is 0 Å². The van der Waals surface area contributed by atoms with E-state index in [2.05, 4.69) is 64.1 Å². The highest BCUT2D eigenvalue weighted by Crippen LogP contribution is 2.29. The highest BCUT2D eigenvalue weighted by molar-refractivity contribution is 5.93. The maximum Gasteiger partial charge on any atom is 0.119 e. The molecule has 1 aromatic carbocycles. The van der Waals surface area contributed by atoms with E-state index in [4.69, 9.17) is 4.74 Å². The van der Waals surface area contributed by atoms with Crippen LogP contribution in [-0.2, 0) is 6.54 Å². The number of likely N-dealkylation sites (tertiary alicyclic amines) is 1. The summed E-state index contributed by atoms with van der Waals surface area (Å²) in [6, 6.07) is 12.5. The minimum absolute atomic E-state index is 0.173. The first-order chi connectivity index (χ1) is 14.7. The van der Waals surface area contributed by atoms with Crippen LogP contribution in [0.5, 0.6) is 5.75 Å².